The summed E-state index contributed by atoms with van der Waals surface area (Å²) in [6, 6.07) is 6.03. The summed E-state index contributed by atoms with van der Waals surface area (Å²) in [5.74, 6) is -1.85. The quantitative estimate of drug-likeness (QED) is 0.829. The molecule has 1 aromatic carbocycles. The SMILES string of the molecule is CC1(C)OB(C(CC(=O)O)c2cnn(-c3cccc(F)c3)c2)OC1(C)C. The van der Waals surface area contributed by atoms with Crippen molar-refractivity contribution in [2.75, 3.05) is 0 Å². The van der Waals surface area contributed by atoms with Crippen molar-refractivity contribution in [1.82, 2.24) is 9.78 Å². The van der Waals surface area contributed by atoms with E-state index in [9.17, 15) is 14.3 Å². The van der Waals surface area contributed by atoms with Crippen LogP contribution in [0.2, 0.25) is 0 Å². The number of nitrogens with zero attached hydrogens (tertiary/aromatic N) is 2. The average molecular weight is 360 g/mol. The molecule has 2 heterocycles. The second-order valence-electron chi connectivity index (χ2n) is 7.53. The van der Waals surface area contributed by atoms with Gasteiger partial charge in [-0.05, 0) is 51.5 Å². The van der Waals surface area contributed by atoms with Gasteiger partial charge in [0.1, 0.15) is 5.82 Å². The van der Waals surface area contributed by atoms with Crippen LogP contribution in [0.1, 0.15) is 45.5 Å². The number of aliphatic carboxylic acids is 1. The van der Waals surface area contributed by atoms with Crippen molar-refractivity contribution >= 4 is 13.1 Å². The fourth-order valence-corrected chi connectivity index (χ4v) is 2.90. The minimum absolute atomic E-state index is 0.161. The van der Waals surface area contributed by atoms with Gasteiger partial charge in [-0.15, -0.1) is 0 Å². The molecule has 1 unspecified atom stereocenters. The van der Waals surface area contributed by atoms with Crippen molar-refractivity contribution in [1.29, 1.82) is 0 Å². The minimum atomic E-state index is -0.955. The van der Waals surface area contributed by atoms with Crippen molar-refractivity contribution in [3.63, 3.8) is 0 Å². The highest BCUT2D eigenvalue weighted by Gasteiger charge is 2.54. The molecule has 6 nitrogen and oxygen atoms in total. The number of hydrogen-bond acceptors (Lipinski definition) is 4. The van der Waals surface area contributed by atoms with Crippen LogP contribution in [0.3, 0.4) is 0 Å². The lowest BCUT2D eigenvalue weighted by atomic mass is 9.67. The van der Waals surface area contributed by atoms with Gasteiger partial charge in [-0.2, -0.15) is 5.10 Å². The molecule has 0 aliphatic carbocycles. The summed E-state index contributed by atoms with van der Waals surface area (Å²) < 4.78 is 27.0. The zero-order valence-electron chi connectivity index (χ0n) is 15.3. The third-order valence-corrected chi connectivity index (χ3v) is 5.10. The van der Waals surface area contributed by atoms with Crippen molar-refractivity contribution in [3.05, 3.63) is 48.0 Å². The molecule has 3 rings (SSSR count). The van der Waals surface area contributed by atoms with E-state index in [1.807, 2.05) is 27.7 Å². The van der Waals surface area contributed by atoms with Crippen LogP contribution in [0.4, 0.5) is 4.39 Å². The van der Waals surface area contributed by atoms with Crippen LogP contribution in [0.25, 0.3) is 5.69 Å². The second-order valence-corrected chi connectivity index (χ2v) is 7.53. The number of halogens is 1. The number of aromatic nitrogens is 2. The first-order valence-corrected chi connectivity index (χ1v) is 8.47. The molecule has 0 saturated carbocycles. The van der Waals surface area contributed by atoms with Gasteiger partial charge in [0.2, 0.25) is 0 Å². The van der Waals surface area contributed by atoms with Gasteiger partial charge in [0.25, 0.3) is 0 Å². The van der Waals surface area contributed by atoms with Gasteiger partial charge in [0, 0.05) is 12.0 Å². The molecule has 1 aromatic heterocycles. The molecule has 0 radical (unpaired) electrons. The second kappa shape index (κ2) is 6.52. The lowest BCUT2D eigenvalue weighted by molar-refractivity contribution is -0.137. The maximum Gasteiger partial charge on any atom is 0.466 e. The molecule has 0 spiro atoms. The Balaban J connectivity index is 1.91. The maximum atomic E-state index is 13.4. The Labute approximate surface area is 152 Å². The first-order valence-electron chi connectivity index (χ1n) is 8.47. The molecule has 0 bridgehead atoms. The lowest BCUT2D eigenvalue weighted by Crippen LogP contribution is -2.41. The highest BCUT2D eigenvalue weighted by molar-refractivity contribution is 6.48. The van der Waals surface area contributed by atoms with Crippen molar-refractivity contribution in [2.24, 2.45) is 0 Å². The van der Waals surface area contributed by atoms with E-state index in [0.717, 1.165) is 0 Å². The molecule has 138 valence electrons. The topological polar surface area (TPSA) is 73.6 Å². The van der Waals surface area contributed by atoms with Crippen LogP contribution in [0.15, 0.2) is 36.7 Å². The first-order chi connectivity index (χ1) is 12.1. The van der Waals surface area contributed by atoms with Crippen LogP contribution in [0.5, 0.6) is 0 Å². The van der Waals surface area contributed by atoms with E-state index in [1.165, 1.54) is 16.8 Å². The number of hydrogen-bond donors (Lipinski definition) is 1. The Hall–Kier alpha value is -2.19. The predicted octanol–water partition coefficient (Wildman–Crippen LogP) is 3.20. The minimum Gasteiger partial charge on any atom is -0.481 e. The summed E-state index contributed by atoms with van der Waals surface area (Å²) >= 11 is 0. The molecule has 1 atom stereocenters. The Morgan fingerprint density at radius 1 is 1.31 bits per heavy atom. The van der Waals surface area contributed by atoms with Gasteiger partial charge in [0.15, 0.2) is 0 Å². The highest BCUT2D eigenvalue weighted by Crippen LogP contribution is 2.41. The van der Waals surface area contributed by atoms with Gasteiger partial charge in [-0.3, -0.25) is 4.79 Å². The van der Waals surface area contributed by atoms with E-state index < -0.39 is 30.1 Å². The van der Waals surface area contributed by atoms with E-state index in [0.29, 0.717) is 11.3 Å². The Bertz CT molecular complexity index is 805. The van der Waals surface area contributed by atoms with Gasteiger partial charge in [-0.25, -0.2) is 9.07 Å². The molecule has 0 amide bonds. The van der Waals surface area contributed by atoms with E-state index in [4.69, 9.17) is 9.31 Å². The molecular weight excluding hydrogens is 338 g/mol. The molecule has 8 heteroatoms. The largest absolute Gasteiger partial charge is 0.481 e. The zero-order chi connectivity index (χ0) is 19.1. The number of carboxylic acids is 1. The zero-order valence-corrected chi connectivity index (χ0v) is 15.3. The monoisotopic (exact) mass is 360 g/mol. The van der Waals surface area contributed by atoms with E-state index in [1.54, 1.807) is 24.5 Å². The predicted molar refractivity (Wildman–Crippen MR) is 94.6 cm³/mol. The summed E-state index contributed by atoms with van der Waals surface area (Å²) in [5.41, 5.74) is 0.0920. The van der Waals surface area contributed by atoms with Crippen molar-refractivity contribution < 1.29 is 23.6 Å². The number of rotatable bonds is 5. The van der Waals surface area contributed by atoms with E-state index in [-0.39, 0.29) is 12.2 Å². The van der Waals surface area contributed by atoms with E-state index >= 15 is 0 Å². The highest BCUT2D eigenvalue weighted by atomic mass is 19.1. The summed E-state index contributed by atoms with van der Waals surface area (Å²) in [6.45, 7) is 7.67. The Morgan fingerprint density at radius 2 is 1.96 bits per heavy atom. The first kappa shape index (κ1) is 18.6. The summed E-state index contributed by atoms with van der Waals surface area (Å²) in [7, 11) is -0.707. The third kappa shape index (κ3) is 3.52. The third-order valence-electron chi connectivity index (χ3n) is 5.10. The fraction of sp³-hybridized carbons (Fsp3) is 0.444. The molecule has 1 aliphatic rings. The van der Waals surface area contributed by atoms with Crippen LogP contribution >= 0.6 is 0 Å². The molecule has 26 heavy (non-hydrogen) atoms. The summed E-state index contributed by atoms with van der Waals surface area (Å²) in [6.07, 6.45) is 3.10. The van der Waals surface area contributed by atoms with Crippen molar-refractivity contribution in [3.8, 4) is 5.69 Å². The molecule has 2 aromatic rings. The number of benzene rings is 1. The maximum absolute atomic E-state index is 13.4. The lowest BCUT2D eigenvalue weighted by Gasteiger charge is -2.32. The van der Waals surface area contributed by atoms with Crippen LogP contribution in [-0.4, -0.2) is 39.2 Å². The van der Waals surface area contributed by atoms with Gasteiger partial charge in [0.05, 0.1) is 29.5 Å². The average Bonchev–Trinajstić information content (AvgIpc) is 3.08. The molecule has 1 N–H and O–H groups in total. The Morgan fingerprint density at radius 3 is 2.54 bits per heavy atom. The molecule has 1 fully saturated rings. The van der Waals surface area contributed by atoms with Crippen LogP contribution in [0, 0.1) is 5.82 Å². The number of carbonyl (C=O) groups is 1. The van der Waals surface area contributed by atoms with Crippen molar-refractivity contribution in [2.45, 2.75) is 51.1 Å². The molecule has 1 aliphatic heterocycles. The molecular formula is C18H22BFN2O4. The number of carboxylic acid groups (broad SMARTS) is 1. The fourth-order valence-electron chi connectivity index (χ4n) is 2.90. The standard InChI is InChI=1S/C18H22BFN2O4/c1-17(2)18(3,4)26-19(25-17)15(9-16(23)24)12-10-21-22(11-12)14-7-5-6-13(20)8-14/h5-8,10-11,15H,9H2,1-4H3,(H,23,24). The van der Waals surface area contributed by atoms with Crippen LogP contribution < -0.4 is 0 Å². The van der Waals surface area contributed by atoms with Gasteiger partial charge >= 0.3 is 13.1 Å². The van der Waals surface area contributed by atoms with E-state index in [2.05, 4.69) is 5.10 Å². The Kier molecular flexibility index (Phi) is 4.66. The smallest absolute Gasteiger partial charge is 0.466 e. The van der Waals surface area contributed by atoms with Gasteiger partial charge < -0.3 is 14.4 Å². The normalized spacial score (nSPS) is 19.5. The van der Waals surface area contributed by atoms with Crippen LogP contribution in [-0.2, 0) is 14.1 Å². The molecule has 1 saturated heterocycles. The van der Waals surface area contributed by atoms with Gasteiger partial charge in [-0.1, -0.05) is 6.07 Å². The summed E-state index contributed by atoms with van der Waals surface area (Å²) in [4.78, 5) is 11.4. The summed E-state index contributed by atoms with van der Waals surface area (Å²) in [5, 5.41) is 13.6.